The molecule has 1 aliphatic rings. The van der Waals surface area contributed by atoms with Gasteiger partial charge in [-0.05, 0) is 31.5 Å². The first-order valence-corrected chi connectivity index (χ1v) is 9.36. The highest BCUT2D eigenvalue weighted by atomic mass is 19.1. The first-order valence-electron chi connectivity index (χ1n) is 9.36. The molecule has 0 aliphatic carbocycles. The molecule has 0 fully saturated rings. The van der Waals surface area contributed by atoms with E-state index in [9.17, 15) is 9.18 Å². The van der Waals surface area contributed by atoms with Crippen LogP contribution < -0.4 is 5.32 Å². The van der Waals surface area contributed by atoms with Gasteiger partial charge in [0, 0.05) is 30.4 Å². The van der Waals surface area contributed by atoms with Gasteiger partial charge in [0.15, 0.2) is 0 Å². The SMILES string of the molecule is CCn1ncc(Cn2cc(NC(=O)C3CC(c4ccc(F)cc4)=NO3)cn2)c1C. The normalized spacial score (nSPS) is 15.8. The molecular weight excluding hydrogens is 375 g/mol. The molecule has 2 aromatic heterocycles. The number of halogens is 1. The van der Waals surface area contributed by atoms with Crippen molar-refractivity contribution in [3.8, 4) is 0 Å². The number of hydrogen-bond donors (Lipinski definition) is 1. The fraction of sp³-hybridized carbons (Fsp3) is 0.300. The molecule has 0 spiro atoms. The number of carbonyl (C=O) groups excluding carboxylic acids is 1. The molecule has 4 rings (SSSR count). The summed E-state index contributed by atoms with van der Waals surface area (Å²) in [6.45, 7) is 5.45. The van der Waals surface area contributed by atoms with Crippen molar-refractivity contribution in [1.29, 1.82) is 0 Å². The van der Waals surface area contributed by atoms with Crippen LogP contribution in [0.5, 0.6) is 0 Å². The van der Waals surface area contributed by atoms with Gasteiger partial charge in [-0.3, -0.25) is 14.2 Å². The number of nitrogens with zero attached hydrogens (tertiary/aromatic N) is 5. The lowest BCUT2D eigenvalue weighted by atomic mass is 10.0. The number of aromatic nitrogens is 4. The van der Waals surface area contributed by atoms with Crippen molar-refractivity contribution in [2.75, 3.05) is 5.32 Å². The second kappa shape index (κ2) is 7.86. The van der Waals surface area contributed by atoms with Crippen LogP contribution in [0.2, 0.25) is 0 Å². The second-order valence-corrected chi connectivity index (χ2v) is 6.83. The fourth-order valence-electron chi connectivity index (χ4n) is 3.20. The van der Waals surface area contributed by atoms with Gasteiger partial charge in [-0.1, -0.05) is 17.3 Å². The van der Waals surface area contributed by atoms with Crippen LogP contribution in [0.15, 0.2) is 48.0 Å². The lowest BCUT2D eigenvalue weighted by molar-refractivity contribution is -0.125. The molecule has 1 N–H and O–H groups in total. The lowest BCUT2D eigenvalue weighted by Crippen LogP contribution is -2.27. The number of nitrogens with one attached hydrogen (secondary N) is 1. The minimum Gasteiger partial charge on any atom is -0.382 e. The predicted octanol–water partition coefficient (Wildman–Crippen LogP) is 2.73. The molecule has 0 saturated carbocycles. The van der Waals surface area contributed by atoms with E-state index in [0.29, 0.717) is 24.4 Å². The van der Waals surface area contributed by atoms with E-state index < -0.39 is 6.10 Å². The zero-order valence-corrected chi connectivity index (χ0v) is 16.2. The van der Waals surface area contributed by atoms with E-state index in [1.54, 1.807) is 29.2 Å². The first-order chi connectivity index (χ1) is 14.0. The highest BCUT2D eigenvalue weighted by Gasteiger charge is 2.29. The third kappa shape index (κ3) is 4.03. The summed E-state index contributed by atoms with van der Waals surface area (Å²) >= 11 is 0. The molecule has 29 heavy (non-hydrogen) atoms. The molecule has 0 saturated heterocycles. The smallest absolute Gasteiger partial charge is 0.268 e. The van der Waals surface area contributed by atoms with E-state index in [-0.39, 0.29) is 11.7 Å². The van der Waals surface area contributed by atoms with Gasteiger partial charge in [0.2, 0.25) is 6.10 Å². The van der Waals surface area contributed by atoms with Gasteiger partial charge in [-0.15, -0.1) is 0 Å². The third-order valence-electron chi connectivity index (χ3n) is 4.88. The Labute approximate surface area is 167 Å². The zero-order chi connectivity index (χ0) is 20.4. The fourth-order valence-corrected chi connectivity index (χ4v) is 3.20. The maximum atomic E-state index is 13.1. The number of amides is 1. The van der Waals surface area contributed by atoms with Crippen molar-refractivity contribution in [3.05, 3.63) is 65.5 Å². The Bertz CT molecular complexity index is 1050. The number of rotatable bonds is 6. The zero-order valence-electron chi connectivity index (χ0n) is 16.2. The Balaban J connectivity index is 1.35. The maximum Gasteiger partial charge on any atom is 0.268 e. The van der Waals surface area contributed by atoms with Gasteiger partial charge in [-0.25, -0.2) is 4.39 Å². The molecule has 1 unspecified atom stereocenters. The number of carbonyl (C=O) groups is 1. The standard InChI is InChI=1S/C20H21FN6O2/c1-3-27-13(2)15(9-23-27)11-26-12-17(10-22-26)24-20(28)19-8-18(25-29-19)14-4-6-16(21)7-5-14/h4-7,9-10,12,19H,3,8,11H2,1-2H3,(H,24,28). The summed E-state index contributed by atoms with van der Waals surface area (Å²) in [6.07, 6.45) is 4.77. The molecule has 0 radical (unpaired) electrons. The number of hydrogen-bond acceptors (Lipinski definition) is 5. The number of anilines is 1. The molecule has 150 valence electrons. The molecule has 1 aromatic carbocycles. The van der Waals surface area contributed by atoms with E-state index in [1.807, 2.05) is 24.7 Å². The second-order valence-electron chi connectivity index (χ2n) is 6.83. The maximum absolute atomic E-state index is 13.1. The summed E-state index contributed by atoms with van der Waals surface area (Å²) in [5, 5.41) is 15.4. The number of aryl methyl sites for hydroxylation is 1. The number of benzene rings is 1. The van der Waals surface area contributed by atoms with Crippen LogP contribution in [-0.4, -0.2) is 37.3 Å². The van der Waals surface area contributed by atoms with Crippen LogP contribution in [0.25, 0.3) is 0 Å². The third-order valence-corrected chi connectivity index (χ3v) is 4.88. The Morgan fingerprint density at radius 2 is 2.07 bits per heavy atom. The Kier molecular flexibility index (Phi) is 5.11. The van der Waals surface area contributed by atoms with E-state index in [4.69, 9.17) is 4.84 Å². The van der Waals surface area contributed by atoms with Gasteiger partial charge < -0.3 is 10.2 Å². The molecule has 8 nitrogen and oxygen atoms in total. The van der Waals surface area contributed by atoms with E-state index in [2.05, 4.69) is 20.7 Å². The lowest BCUT2D eigenvalue weighted by Gasteiger charge is -2.07. The van der Waals surface area contributed by atoms with Crippen LogP contribution in [0.1, 0.15) is 30.2 Å². The van der Waals surface area contributed by atoms with Gasteiger partial charge in [-0.2, -0.15) is 10.2 Å². The van der Waals surface area contributed by atoms with Crippen LogP contribution in [0.3, 0.4) is 0 Å². The minimum atomic E-state index is -0.733. The van der Waals surface area contributed by atoms with E-state index >= 15 is 0 Å². The largest absolute Gasteiger partial charge is 0.382 e. The van der Waals surface area contributed by atoms with Crippen molar-refractivity contribution in [2.24, 2.45) is 5.16 Å². The molecule has 0 bridgehead atoms. The monoisotopic (exact) mass is 396 g/mol. The Morgan fingerprint density at radius 1 is 1.28 bits per heavy atom. The highest BCUT2D eigenvalue weighted by molar-refractivity contribution is 6.06. The Morgan fingerprint density at radius 3 is 2.79 bits per heavy atom. The molecule has 1 amide bonds. The molecular formula is C20H21FN6O2. The summed E-state index contributed by atoms with van der Waals surface area (Å²) in [5.41, 5.74) is 4.10. The van der Waals surface area contributed by atoms with Crippen LogP contribution in [0, 0.1) is 12.7 Å². The number of oxime groups is 1. The molecule has 1 atom stereocenters. The van der Waals surface area contributed by atoms with E-state index in [0.717, 1.165) is 23.4 Å². The molecule has 1 aliphatic heterocycles. The summed E-state index contributed by atoms with van der Waals surface area (Å²) in [5.74, 6) is -0.628. The van der Waals surface area contributed by atoms with E-state index in [1.165, 1.54) is 12.1 Å². The average Bonchev–Trinajstić information content (AvgIpc) is 3.44. The average molecular weight is 396 g/mol. The van der Waals surface area contributed by atoms with Crippen molar-refractivity contribution in [2.45, 2.75) is 39.5 Å². The molecule has 9 heteroatoms. The van der Waals surface area contributed by atoms with Crippen LogP contribution in [0.4, 0.5) is 10.1 Å². The first kappa shape index (κ1) is 18.9. The minimum absolute atomic E-state index is 0.305. The summed E-state index contributed by atoms with van der Waals surface area (Å²) < 4.78 is 16.7. The van der Waals surface area contributed by atoms with Gasteiger partial charge in [0.25, 0.3) is 5.91 Å². The summed E-state index contributed by atoms with van der Waals surface area (Å²) in [6, 6.07) is 5.94. The van der Waals surface area contributed by atoms with Crippen molar-refractivity contribution < 1.29 is 14.0 Å². The topological polar surface area (TPSA) is 86.3 Å². The highest BCUT2D eigenvalue weighted by Crippen LogP contribution is 2.19. The van der Waals surface area contributed by atoms with Crippen molar-refractivity contribution >= 4 is 17.3 Å². The van der Waals surface area contributed by atoms with Crippen LogP contribution >= 0.6 is 0 Å². The van der Waals surface area contributed by atoms with Crippen molar-refractivity contribution in [3.63, 3.8) is 0 Å². The predicted molar refractivity (Wildman–Crippen MR) is 105 cm³/mol. The molecule has 3 heterocycles. The van der Waals surface area contributed by atoms with Crippen molar-refractivity contribution in [1.82, 2.24) is 19.6 Å². The summed E-state index contributed by atoms with van der Waals surface area (Å²) in [4.78, 5) is 17.8. The summed E-state index contributed by atoms with van der Waals surface area (Å²) in [7, 11) is 0. The Hall–Kier alpha value is -3.49. The van der Waals surface area contributed by atoms with Crippen LogP contribution in [-0.2, 0) is 22.7 Å². The van der Waals surface area contributed by atoms with Gasteiger partial charge >= 0.3 is 0 Å². The van der Waals surface area contributed by atoms with Gasteiger partial charge in [0.1, 0.15) is 5.82 Å². The quantitative estimate of drug-likeness (QED) is 0.694. The molecule has 3 aromatic rings. The van der Waals surface area contributed by atoms with Gasteiger partial charge in [0.05, 0.1) is 30.3 Å².